The highest BCUT2D eigenvalue weighted by Gasteiger charge is 2.47. The van der Waals surface area contributed by atoms with Gasteiger partial charge in [0.05, 0.1) is 5.60 Å². The molecule has 0 bridgehead atoms. The van der Waals surface area contributed by atoms with Gasteiger partial charge in [-0.15, -0.1) is 0 Å². The summed E-state index contributed by atoms with van der Waals surface area (Å²) in [6.45, 7) is 3.96. The average molecular weight is 326 g/mol. The van der Waals surface area contributed by atoms with Gasteiger partial charge >= 0.3 is 0 Å². The summed E-state index contributed by atoms with van der Waals surface area (Å²) in [5.74, 6) is 0.837. The minimum absolute atomic E-state index is 0.198. The Kier molecular flexibility index (Phi) is 3.15. The van der Waals surface area contributed by atoms with Crippen LogP contribution in [0.5, 0.6) is 5.75 Å². The Balaban J connectivity index is 1.97. The number of rotatable bonds is 0. The van der Waals surface area contributed by atoms with Gasteiger partial charge in [-0.05, 0) is 45.0 Å². The molecular formula is C15H20BrNO2. The number of nitrogens with zero attached hydrogens (tertiary/aromatic N) is 1. The molecule has 19 heavy (non-hydrogen) atoms. The lowest BCUT2D eigenvalue weighted by Crippen LogP contribution is -2.53. The van der Waals surface area contributed by atoms with Gasteiger partial charge in [0, 0.05) is 29.5 Å². The van der Waals surface area contributed by atoms with Gasteiger partial charge in [0.1, 0.15) is 11.4 Å². The van der Waals surface area contributed by atoms with Gasteiger partial charge in [-0.1, -0.05) is 15.9 Å². The molecule has 1 fully saturated rings. The zero-order valence-corrected chi connectivity index (χ0v) is 13.0. The van der Waals surface area contributed by atoms with Crippen molar-refractivity contribution in [3.05, 3.63) is 28.2 Å². The molecule has 1 spiro atoms. The molecule has 2 aliphatic heterocycles. The van der Waals surface area contributed by atoms with Crippen molar-refractivity contribution in [2.24, 2.45) is 0 Å². The third-order valence-electron chi connectivity index (χ3n) is 4.41. The fourth-order valence-electron chi connectivity index (χ4n) is 3.31. The molecule has 4 heteroatoms. The Bertz CT molecular complexity index is 493. The molecular weight excluding hydrogens is 306 g/mol. The van der Waals surface area contributed by atoms with Crippen molar-refractivity contribution in [2.75, 3.05) is 20.1 Å². The van der Waals surface area contributed by atoms with Crippen LogP contribution in [0.25, 0.3) is 0 Å². The summed E-state index contributed by atoms with van der Waals surface area (Å²) >= 11 is 3.46. The normalized spacial score (nSPS) is 29.9. The maximum Gasteiger partial charge on any atom is 0.126 e. The second kappa shape index (κ2) is 4.47. The molecule has 1 saturated heterocycles. The van der Waals surface area contributed by atoms with E-state index in [2.05, 4.69) is 27.9 Å². The first-order valence-corrected chi connectivity index (χ1v) is 7.60. The number of piperidine rings is 1. The van der Waals surface area contributed by atoms with Crippen LogP contribution in [0.1, 0.15) is 31.7 Å². The zero-order chi connectivity index (χ0) is 13.7. The fraction of sp³-hybridized carbons (Fsp3) is 0.600. The summed E-state index contributed by atoms with van der Waals surface area (Å²) in [6, 6.07) is 5.91. The van der Waals surface area contributed by atoms with Crippen molar-refractivity contribution in [2.45, 2.75) is 37.4 Å². The van der Waals surface area contributed by atoms with Crippen molar-refractivity contribution in [1.29, 1.82) is 0 Å². The molecule has 1 atom stereocenters. The molecule has 0 saturated carbocycles. The number of hydrogen-bond donors (Lipinski definition) is 1. The monoisotopic (exact) mass is 325 g/mol. The van der Waals surface area contributed by atoms with Gasteiger partial charge in [-0.2, -0.15) is 0 Å². The summed E-state index contributed by atoms with van der Waals surface area (Å²) < 4.78 is 7.27. The molecule has 0 aliphatic carbocycles. The highest BCUT2D eigenvalue weighted by Crippen LogP contribution is 2.47. The second-order valence-corrected chi connectivity index (χ2v) is 7.10. The molecule has 2 heterocycles. The molecule has 1 aromatic rings. The molecule has 1 aromatic carbocycles. The van der Waals surface area contributed by atoms with E-state index in [1.165, 1.54) is 0 Å². The number of likely N-dealkylation sites (tertiary alicyclic amines) is 1. The number of fused-ring (bicyclic) bond motifs is 1. The molecule has 3 nitrogen and oxygen atoms in total. The second-order valence-electron chi connectivity index (χ2n) is 6.18. The minimum Gasteiger partial charge on any atom is -0.487 e. The topological polar surface area (TPSA) is 32.7 Å². The van der Waals surface area contributed by atoms with E-state index >= 15 is 0 Å². The first-order chi connectivity index (χ1) is 8.90. The van der Waals surface area contributed by atoms with Crippen LogP contribution < -0.4 is 4.74 Å². The van der Waals surface area contributed by atoms with Crippen LogP contribution in [-0.2, 0) is 5.60 Å². The van der Waals surface area contributed by atoms with Gasteiger partial charge in [-0.3, -0.25) is 0 Å². The predicted octanol–water partition coefficient (Wildman–Crippen LogP) is 2.90. The summed E-state index contributed by atoms with van der Waals surface area (Å²) in [6.07, 6.45) is 2.64. The quantitative estimate of drug-likeness (QED) is 0.796. The summed E-state index contributed by atoms with van der Waals surface area (Å²) in [5, 5.41) is 10.8. The Labute approximate surface area is 122 Å². The molecule has 0 amide bonds. The Morgan fingerprint density at radius 2 is 2.00 bits per heavy atom. The third-order valence-corrected chi connectivity index (χ3v) is 4.91. The standard InChI is InChI=1S/C15H20BrNO2/c1-14(18)10-15(5-7-17(2)8-6-15)19-13-4-3-11(16)9-12(13)14/h3-4,9,18H,5-8,10H2,1-2H3. The van der Waals surface area contributed by atoms with E-state index in [0.29, 0.717) is 6.42 Å². The molecule has 3 rings (SSSR count). The highest BCUT2D eigenvalue weighted by molar-refractivity contribution is 9.10. The number of hydrogen-bond acceptors (Lipinski definition) is 3. The summed E-state index contributed by atoms with van der Waals surface area (Å²) in [4.78, 5) is 2.32. The molecule has 1 unspecified atom stereocenters. The summed E-state index contributed by atoms with van der Waals surface area (Å²) in [5.41, 5.74) is -0.115. The van der Waals surface area contributed by atoms with Crippen molar-refractivity contribution in [3.63, 3.8) is 0 Å². The van der Waals surface area contributed by atoms with Crippen LogP contribution in [-0.4, -0.2) is 35.7 Å². The lowest BCUT2D eigenvalue weighted by atomic mass is 9.75. The number of halogens is 1. The van der Waals surface area contributed by atoms with Crippen LogP contribution in [0.2, 0.25) is 0 Å². The van der Waals surface area contributed by atoms with Gasteiger partial charge in [-0.25, -0.2) is 0 Å². The lowest BCUT2D eigenvalue weighted by molar-refractivity contribution is -0.0922. The molecule has 104 valence electrons. The lowest BCUT2D eigenvalue weighted by Gasteiger charge is -2.48. The van der Waals surface area contributed by atoms with Crippen LogP contribution in [0.15, 0.2) is 22.7 Å². The van der Waals surface area contributed by atoms with E-state index in [-0.39, 0.29) is 5.60 Å². The van der Waals surface area contributed by atoms with Crippen LogP contribution in [0.3, 0.4) is 0 Å². The van der Waals surface area contributed by atoms with E-state index in [9.17, 15) is 5.11 Å². The highest BCUT2D eigenvalue weighted by atomic mass is 79.9. The molecule has 0 aromatic heterocycles. The van der Waals surface area contributed by atoms with E-state index in [0.717, 1.165) is 41.7 Å². The third kappa shape index (κ3) is 2.41. The van der Waals surface area contributed by atoms with Gasteiger partial charge < -0.3 is 14.7 Å². The smallest absolute Gasteiger partial charge is 0.126 e. The minimum atomic E-state index is -0.812. The predicted molar refractivity (Wildman–Crippen MR) is 78.4 cm³/mol. The van der Waals surface area contributed by atoms with E-state index in [4.69, 9.17) is 4.74 Å². The summed E-state index contributed by atoms with van der Waals surface area (Å²) in [7, 11) is 2.14. The number of benzene rings is 1. The molecule has 0 radical (unpaired) electrons. The van der Waals surface area contributed by atoms with Gasteiger partial charge in [0.25, 0.3) is 0 Å². The zero-order valence-electron chi connectivity index (χ0n) is 11.4. The molecule has 1 N–H and O–H groups in total. The Morgan fingerprint density at radius 3 is 2.68 bits per heavy atom. The van der Waals surface area contributed by atoms with E-state index in [1.54, 1.807) is 0 Å². The first kappa shape index (κ1) is 13.4. The van der Waals surface area contributed by atoms with Gasteiger partial charge in [0.2, 0.25) is 0 Å². The Morgan fingerprint density at radius 1 is 1.32 bits per heavy atom. The largest absolute Gasteiger partial charge is 0.487 e. The Hall–Kier alpha value is -0.580. The fourth-order valence-corrected chi connectivity index (χ4v) is 3.67. The SMILES string of the molecule is CN1CCC2(CC1)CC(C)(O)c1cc(Br)ccc1O2. The van der Waals surface area contributed by atoms with Crippen molar-refractivity contribution in [3.8, 4) is 5.75 Å². The molecule has 2 aliphatic rings. The van der Waals surface area contributed by atoms with E-state index < -0.39 is 5.60 Å². The van der Waals surface area contributed by atoms with Crippen molar-refractivity contribution >= 4 is 15.9 Å². The van der Waals surface area contributed by atoms with E-state index in [1.807, 2.05) is 25.1 Å². The first-order valence-electron chi connectivity index (χ1n) is 6.80. The van der Waals surface area contributed by atoms with Crippen molar-refractivity contribution < 1.29 is 9.84 Å². The van der Waals surface area contributed by atoms with Crippen molar-refractivity contribution in [1.82, 2.24) is 4.90 Å². The number of aliphatic hydroxyl groups is 1. The van der Waals surface area contributed by atoms with Crippen LogP contribution in [0, 0.1) is 0 Å². The average Bonchev–Trinajstić information content (AvgIpc) is 2.34. The maximum atomic E-state index is 10.8. The number of ether oxygens (including phenoxy) is 1. The van der Waals surface area contributed by atoms with Crippen LogP contribution >= 0.6 is 15.9 Å². The van der Waals surface area contributed by atoms with Gasteiger partial charge in [0.15, 0.2) is 0 Å². The maximum absolute atomic E-state index is 10.8. The van der Waals surface area contributed by atoms with Crippen LogP contribution in [0.4, 0.5) is 0 Å².